The lowest BCUT2D eigenvalue weighted by Gasteiger charge is -2.30. The van der Waals surface area contributed by atoms with Crippen LogP contribution in [0.1, 0.15) is 38.5 Å². The smallest absolute Gasteiger partial charge is 0.223 e. The number of amides is 1. The van der Waals surface area contributed by atoms with Gasteiger partial charge < -0.3 is 16.2 Å². The van der Waals surface area contributed by atoms with Gasteiger partial charge in [-0.1, -0.05) is 12.8 Å². The first-order valence-electron chi connectivity index (χ1n) is 6.34. The lowest BCUT2D eigenvalue weighted by atomic mass is 9.78. The van der Waals surface area contributed by atoms with Crippen molar-refractivity contribution in [1.29, 1.82) is 0 Å². The van der Waals surface area contributed by atoms with E-state index in [0.29, 0.717) is 12.5 Å². The maximum Gasteiger partial charge on any atom is 0.223 e. The molecule has 2 aliphatic rings. The molecule has 0 spiro atoms. The third kappa shape index (κ3) is 2.38. The number of nitrogens with two attached hydrogens (primary N) is 1. The second-order valence-corrected chi connectivity index (χ2v) is 5.31. The zero-order chi connectivity index (χ0) is 11.6. The highest BCUT2D eigenvalue weighted by Crippen LogP contribution is 2.36. The predicted octanol–water partition coefficient (Wildman–Crippen LogP) is 0.393. The van der Waals surface area contributed by atoms with Crippen LogP contribution in [0.25, 0.3) is 0 Å². The number of aliphatic hydroxyl groups excluding tert-OH is 1. The Morgan fingerprint density at radius 3 is 2.62 bits per heavy atom. The van der Waals surface area contributed by atoms with Crippen LogP contribution in [0.15, 0.2) is 0 Å². The number of rotatable bonds is 4. The van der Waals surface area contributed by atoms with Gasteiger partial charge in [0.1, 0.15) is 0 Å². The molecule has 2 fully saturated rings. The molecule has 2 aliphatic carbocycles. The minimum atomic E-state index is -0.284. The van der Waals surface area contributed by atoms with Gasteiger partial charge in [0.05, 0.1) is 12.1 Å². The Bertz CT molecular complexity index is 264. The maximum atomic E-state index is 12.1. The van der Waals surface area contributed by atoms with Crippen molar-refractivity contribution < 1.29 is 9.90 Å². The number of aliphatic hydroxyl groups is 1. The fourth-order valence-corrected chi connectivity index (χ4v) is 2.66. The Labute approximate surface area is 96.6 Å². The molecule has 1 amide bonds. The second kappa shape index (κ2) is 4.72. The van der Waals surface area contributed by atoms with Crippen LogP contribution in [-0.4, -0.2) is 29.7 Å². The summed E-state index contributed by atoms with van der Waals surface area (Å²) in [5.41, 5.74) is 5.43. The third-order valence-electron chi connectivity index (χ3n) is 4.09. The van der Waals surface area contributed by atoms with Crippen LogP contribution in [-0.2, 0) is 4.79 Å². The van der Waals surface area contributed by atoms with Gasteiger partial charge in [-0.25, -0.2) is 0 Å². The third-order valence-corrected chi connectivity index (χ3v) is 4.09. The Hall–Kier alpha value is -0.610. The van der Waals surface area contributed by atoms with Crippen molar-refractivity contribution in [3.8, 4) is 0 Å². The molecule has 0 saturated heterocycles. The molecule has 4 nitrogen and oxygen atoms in total. The van der Waals surface area contributed by atoms with Gasteiger partial charge in [-0.2, -0.15) is 0 Å². The summed E-state index contributed by atoms with van der Waals surface area (Å²) in [4.78, 5) is 12.1. The normalized spacial score (nSPS) is 32.1. The molecule has 2 rings (SSSR count). The van der Waals surface area contributed by atoms with Crippen molar-refractivity contribution in [3.63, 3.8) is 0 Å². The van der Waals surface area contributed by atoms with Gasteiger partial charge in [-0.15, -0.1) is 0 Å². The summed E-state index contributed by atoms with van der Waals surface area (Å²) in [7, 11) is 0. The molecule has 0 aromatic carbocycles. The first kappa shape index (κ1) is 11.9. The van der Waals surface area contributed by atoms with Crippen molar-refractivity contribution >= 4 is 5.91 Å². The van der Waals surface area contributed by atoms with Crippen LogP contribution in [0.4, 0.5) is 0 Å². The predicted molar refractivity (Wildman–Crippen MR) is 61.7 cm³/mol. The van der Waals surface area contributed by atoms with Crippen molar-refractivity contribution in [2.45, 2.75) is 44.1 Å². The van der Waals surface area contributed by atoms with E-state index in [1.807, 2.05) is 0 Å². The number of hydrogen-bond acceptors (Lipinski definition) is 3. The van der Waals surface area contributed by atoms with Crippen LogP contribution in [0.5, 0.6) is 0 Å². The van der Waals surface area contributed by atoms with E-state index in [9.17, 15) is 9.90 Å². The first-order chi connectivity index (χ1) is 7.71. The van der Waals surface area contributed by atoms with Crippen LogP contribution < -0.4 is 11.1 Å². The van der Waals surface area contributed by atoms with Crippen LogP contribution >= 0.6 is 0 Å². The topological polar surface area (TPSA) is 75.4 Å². The highest BCUT2D eigenvalue weighted by Gasteiger charge is 2.45. The Morgan fingerprint density at radius 1 is 1.38 bits per heavy atom. The van der Waals surface area contributed by atoms with E-state index >= 15 is 0 Å². The summed E-state index contributed by atoms with van der Waals surface area (Å²) in [6.45, 7) is 0.670. The summed E-state index contributed by atoms with van der Waals surface area (Å²) in [5, 5.41) is 12.2. The molecular formula is C12H22N2O2. The van der Waals surface area contributed by atoms with Crippen LogP contribution in [0.3, 0.4) is 0 Å². The van der Waals surface area contributed by atoms with E-state index in [0.717, 1.165) is 32.1 Å². The maximum absolute atomic E-state index is 12.1. The highest BCUT2D eigenvalue weighted by molar-refractivity contribution is 5.80. The molecule has 0 aromatic heterocycles. The van der Waals surface area contributed by atoms with Crippen LogP contribution in [0.2, 0.25) is 0 Å². The zero-order valence-corrected chi connectivity index (χ0v) is 9.74. The van der Waals surface area contributed by atoms with E-state index in [1.54, 1.807) is 0 Å². The molecule has 2 saturated carbocycles. The van der Waals surface area contributed by atoms with Crippen molar-refractivity contribution in [3.05, 3.63) is 0 Å². The van der Waals surface area contributed by atoms with Gasteiger partial charge in [0.15, 0.2) is 0 Å². The molecule has 0 bridgehead atoms. The molecule has 92 valence electrons. The minimum absolute atomic E-state index is 0.0682. The molecule has 4 heteroatoms. The summed E-state index contributed by atoms with van der Waals surface area (Å²) in [6, 6.07) is 0. The standard InChI is InChI=1S/C12H22N2O2/c13-7-9-3-1-2-4-10(9)11(16)14-12(8-15)5-6-12/h9-10,15H,1-8,13H2,(H,14,16). The molecule has 0 aromatic rings. The summed E-state index contributed by atoms with van der Waals surface area (Å²) >= 11 is 0. The van der Waals surface area contributed by atoms with E-state index < -0.39 is 0 Å². The highest BCUT2D eigenvalue weighted by atomic mass is 16.3. The van der Waals surface area contributed by atoms with Gasteiger partial charge in [0.25, 0.3) is 0 Å². The number of carbonyl (C=O) groups is 1. The van der Waals surface area contributed by atoms with Crippen molar-refractivity contribution in [2.24, 2.45) is 17.6 Å². The lowest BCUT2D eigenvalue weighted by molar-refractivity contribution is -0.129. The molecule has 2 atom stereocenters. The average molecular weight is 226 g/mol. The van der Waals surface area contributed by atoms with Crippen molar-refractivity contribution in [1.82, 2.24) is 5.32 Å². The number of hydrogen-bond donors (Lipinski definition) is 3. The fourth-order valence-electron chi connectivity index (χ4n) is 2.66. The molecule has 0 aliphatic heterocycles. The van der Waals surface area contributed by atoms with Gasteiger partial charge in [-0.05, 0) is 38.1 Å². The molecule has 0 radical (unpaired) electrons. The molecular weight excluding hydrogens is 204 g/mol. The monoisotopic (exact) mass is 226 g/mol. The SMILES string of the molecule is NCC1CCCCC1C(=O)NC1(CO)CC1. The van der Waals surface area contributed by atoms with Gasteiger partial charge in [-0.3, -0.25) is 4.79 Å². The summed E-state index contributed by atoms with van der Waals surface area (Å²) in [5.74, 6) is 0.521. The molecule has 0 heterocycles. The Morgan fingerprint density at radius 2 is 2.06 bits per heavy atom. The van der Waals surface area contributed by atoms with Gasteiger partial charge in [0.2, 0.25) is 5.91 Å². The number of carbonyl (C=O) groups excluding carboxylic acids is 1. The molecule has 16 heavy (non-hydrogen) atoms. The number of nitrogens with one attached hydrogen (secondary N) is 1. The van der Waals surface area contributed by atoms with E-state index in [-0.39, 0.29) is 24.0 Å². The molecule has 4 N–H and O–H groups in total. The van der Waals surface area contributed by atoms with Gasteiger partial charge in [0, 0.05) is 5.92 Å². The summed E-state index contributed by atoms with van der Waals surface area (Å²) < 4.78 is 0. The van der Waals surface area contributed by atoms with E-state index in [4.69, 9.17) is 5.73 Å². The molecule has 2 unspecified atom stereocenters. The largest absolute Gasteiger partial charge is 0.394 e. The fraction of sp³-hybridized carbons (Fsp3) is 0.917. The van der Waals surface area contributed by atoms with E-state index in [2.05, 4.69) is 5.32 Å². The van der Waals surface area contributed by atoms with Crippen molar-refractivity contribution in [2.75, 3.05) is 13.2 Å². The first-order valence-corrected chi connectivity index (χ1v) is 6.34. The quantitative estimate of drug-likeness (QED) is 0.649. The summed E-state index contributed by atoms with van der Waals surface area (Å²) in [6.07, 6.45) is 6.16. The zero-order valence-electron chi connectivity index (χ0n) is 9.74. The van der Waals surface area contributed by atoms with Gasteiger partial charge >= 0.3 is 0 Å². The van der Waals surface area contributed by atoms with Crippen LogP contribution in [0, 0.1) is 11.8 Å². The minimum Gasteiger partial charge on any atom is -0.394 e. The second-order valence-electron chi connectivity index (χ2n) is 5.31. The Kier molecular flexibility index (Phi) is 3.50. The lowest BCUT2D eigenvalue weighted by Crippen LogP contribution is -2.46. The van der Waals surface area contributed by atoms with E-state index in [1.165, 1.54) is 6.42 Å². The Balaban J connectivity index is 1.92. The average Bonchev–Trinajstić information content (AvgIpc) is 3.09.